The first kappa shape index (κ1) is 9.16. The Morgan fingerprint density at radius 2 is 2.31 bits per heavy atom. The number of aryl methyl sites for hydroxylation is 1. The van der Waals surface area contributed by atoms with E-state index in [1.807, 2.05) is 19.1 Å². The largest absolute Gasteiger partial charge is 0.314 e. The number of aromatic nitrogens is 1. The molecule has 2 nitrogen and oxygen atoms in total. The molecule has 1 aliphatic rings. The molecule has 0 bridgehead atoms. The van der Waals surface area contributed by atoms with Crippen molar-refractivity contribution in [2.75, 3.05) is 4.72 Å². The van der Waals surface area contributed by atoms with E-state index in [4.69, 9.17) is 11.6 Å². The zero-order valence-electron chi connectivity index (χ0n) is 7.38. The molecule has 0 unspecified atom stereocenters. The number of hydrogen-bond acceptors (Lipinski definition) is 3. The molecule has 0 atom stereocenters. The van der Waals surface area contributed by atoms with Crippen LogP contribution < -0.4 is 4.72 Å². The van der Waals surface area contributed by atoms with Crippen molar-refractivity contribution in [1.29, 1.82) is 0 Å². The van der Waals surface area contributed by atoms with Gasteiger partial charge in [-0.1, -0.05) is 17.7 Å². The highest BCUT2D eigenvalue weighted by atomic mass is 35.5. The van der Waals surface area contributed by atoms with Gasteiger partial charge in [-0.25, -0.2) is 4.98 Å². The van der Waals surface area contributed by atoms with Gasteiger partial charge < -0.3 is 4.72 Å². The predicted octanol–water partition coefficient (Wildman–Crippen LogP) is 3.27. The summed E-state index contributed by atoms with van der Waals surface area (Å²) in [5.74, 6) is 0.854. The van der Waals surface area contributed by atoms with Crippen LogP contribution in [0.2, 0.25) is 5.15 Å². The smallest absolute Gasteiger partial charge is 0.137 e. The summed E-state index contributed by atoms with van der Waals surface area (Å²) < 4.78 is 3.20. The van der Waals surface area contributed by atoms with Crippen LogP contribution in [0.25, 0.3) is 0 Å². The molecule has 1 fully saturated rings. The summed E-state index contributed by atoms with van der Waals surface area (Å²) in [7, 11) is 0. The maximum atomic E-state index is 5.88. The van der Waals surface area contributed by atoms with Crippen molar-refractivity contribution in [3.63, 3.8) is 0 Å². The third-order valence-electron chi connectivity index (χ3n) is 1.89. The Morgan fingerprint density at radius 1 is 1.54 bits per heavy atom. The van der Waals surface area contributed by atoms with Gasteiger partial charge in [-0.2, -0.15) is 0 Å². The molecule has 0 radical (unpaired) electrons. The Morgan fingerprint density at radius 3 is 2.92 bits per heavy atom. The van der Waals surface area contributed by atoms with E-state index in [1.54, 1.807) is 11.9 Å². The summed E-state index contributed by atoms with van der Waals surface area (Å²) in [6, 6.07) is 3.93. The Balaban J connectivity index is 1.98. The van der Waals surface area contributed by atoms with Crippen LogP contribution in [0.1, 0.15) is 18.4 Å². The summed E-state index contributed by atoms with van der Waals surface area (Å²) in [6.45, 7) is 1.95. The van der Waals surface area contributed by atoms with Crippen LogP contribution in [0.5, 0.6) is 0 Å². The van der Waals surface area contributed by atoms with Gasteiger partial charge in [-0.05, 0) is 43.3 Å². The average molecular weight is 215 g/mol. The molecule has 0 spiro atoms. The van der Waals surface area contributed by atoms with E-state index < -0.39 is 0 Å². The van der Waals surface area contributed by atoms with E-state index in [0.29, 0.717) is 5.15 Å². The molecular weight excluding hydrogens is 204 g/mol. The van der Waals surface area contributed by atoms with Crippen molar-refractivity contribution < 1.29 is 0 Å². The van der Waals surface area contributed by atoms with Crippen LogP contribution in [-0.4, -0.2) is 10.2 Å². The van der Waals surface area contributed by atoms with E-state index in [-0.39, 0.29) is 0 Å². The van der Waals surface area contributed by atoms with Gasteiger partial charge in [0.05, 0.1) is 0 Å². The number of pyridine rings is 1. The zero-order chi connectivity index (χ0) is 9.26. The van der Waals surface area contributed by atoms with Gasteiger partial charge in [0.1, 0.15) is 11.0 Å². The number of rotatable bonds is 3. The molecule has 0 aromatic carbocycles. The normalized spacial score (nSPS) is 15.8. The minimum atomic E-state index is 0.585. The monoisotopic (exact) mass is 214 g/mol. The lowest BCUT2D eigenvalue weighted by molar-refractivity contribution is 1.27. The fourth-order valence-corrected chi connectivity index (χ4v) is 1.82. The molecule has 1 heterocycles. The number of hydrogen-bond donors (Lipinski definition) is 1. The number of nitrogens with one attached hydrogen (secondary N) is 1. The fraction of sp³-hybridized carbons (Fsp3) is 0.444. The minimum absolute atomic E-state index is 0.585. The van der Waals surface area contributed by atoms with E-state index in [9.17, 15) is 0 Å². The highest BCUT2D eigenvalue weighted by Crippen LogP contribution is 2.34. The molecule has 4 heteroatoms. The molecular formula is C9H11ClN2S. The number of halogens is 1. The van der Waals surface area contributed by atoms with Crippen LogP contribution >= 0.6 is 23.5 Å². The van der Waals surface area contributed by atoms with Gasteiger partial charge in [0, 0.05) is 5.25 Å². The third-order valence-corrected chi connectivity index (χ3v) is 3.40. The van der Waals surface area contributed by atoms with Gasteiger partial charge in [-0.3, -0.25) is 0 Å². The predicted molar refractivity (Wildman–Crippen MR) is 58.2 cm³/mol. The van der Waals surface area contributed by atoms with Crippen molar-refractivity contribution in [3.05, 3.63) is 22.8 Å². The molecule has 0 aliphatic heterocycles. The standard InChI is InChI=1S/C9H11ClN2S/c1-6-2-5-8(11-9(6)10)12-13-7-3-4-7/h2,5,7H,3-4H2,1H3,(H,11,12). The quantitative estimate of drug-likeness (QED) is 0.618. The Hall–Kier alpha value is -0.410. The summed E-state index contributed by atoms with van der Waals surface area (Å²) in [6.07, 6.45) is 2.63. The molecule has 0 amide bonds. The number of nitrogens with zero attached hydrogens (tertiary/aromatic N) is 1. The topological polar surface area (TPSA) is 24.9 Å². The van der Waals surface area contributed by atoms with Gasteiger partial charge in [0.25, 0.3) is 0 Å². The molecule has 70 valence electrons. The first-order valence-corrected chi connectivity index (χ1v) is 5.56. The van der Waals surface area contributed by atoms with Crippen molar-refractivity contribution in [1.82, 2.24) is 4.98 Å². The van der Waals surface area contributed by atoms with Crippen molar-refractivity contribution in [2.45, 2.75) is 25.0 Å². The van der Waals surface area contributed by atoms with Crippen molar-refractivity contribution >= 4 is 29.4 Å². The molecule has 1 aromatic heterocycles. The first-order chi connectivity index (χ1) is 6.25. The Labute approximate surface area is 87.2 Å². The Kier molecular flexibility index (Phi) is 2.65. The molecule has 13 heavy (non-hydrogen) atoms. The van der Waals surface area contributed by atoms with Crippen molar-refractivity contribution in [2.24, 2.45) is 0 Å². The lowest BCUT2D eigenvalue weighted by Crippen LogP contribution is -1.93. The van der Waals surface area contributed by atoms with Crippen LogP contribution in [0.15, 0.2) is 12.1 Å². The lowest BCUT2D eigenvalue weighted by atomic mass is 10.3. The van der Waals surface area contributed by atoms with Gasteiger partial charge in [0.15, 0.2) is 0 Å². The fourth-order valence-electron chi connectivity index (χ4n) is 0.890. The second-order valence-corrected chi connectivity index (χ2v) is 4.69. The van der Waals surface area contributed by atoms with E-state index in [2.05, 4.69) is 9.71 Å². The second kappa shape index (κ2) is 3.76. The van der Waals surface area contributed by atoms with Crippen LogP contribution in [0.4, 0.5) is 5.82 Å². The van der Waals surface area contributed by atoms with E-state index in [1.165, 1.54) is 12.8 Å². The highest BCUT2D eigenvalue weighted by molar-refractivity contribution is 8.01. The maximum Gasteiger partial charge on any atom is 0.137 e. The van der Waals surface area contributed by atoms with Gasteiger partial charge in [0.2, 0.25) is 0 Å². The molecule has 1 aromatic rings. The van der Waals surface area contributed by atoms with Crippen LogP contribution in [-0.2, 0) is 0 Å². The van der Waals surface area contributed by atoms with Crippen LogP contribution in [0.3, 0.4) is 0 Å². The average Bonchev–Trinajstić information content (AvgIpc) is 2.91. The van der Waals surface area contributed by atoms with Gasteiger partial charge >= 0.3 is 0 Å². The maximum absolute atomic E-state index is 5.88. The number of anilines is 1. The second-order valence-electron chi connectivity index (χ2n) is 3.22. The SMILES string of the molecule is Cc1ccc(NSC2CC2)nc1Cl. The highest BCUT2D eigenvalue weighted by Gasteiger charge is 2.22. The minimum Gasteiger partial charge on any atom is -0.314 e. The first-order valence-electron chi connectivity index (χ1n) is 4.30. The van der Waals surface area contributed by atoms with E-state index in [0.717, 1.165) is 16.6 Å². The third kappa shape index (κ3) is 2.51. The summed E-state index contributed by atoms with van der Waals surface area (Å²) >= 11 is 7.62. The van der Waals surface area contributed by atoms with E-state index >= 15 is 0 Å². The molecule has 0 saturated heterocycles. The molecule has 1 saturated carbocycles. The summed E-state index contributed by atoms with van der Waals surface area (Å²) in [5.41, 5.74) is 1.02. The lowest BCUT2D eigenvalue weighted by Gasteiger charge is -2.04. The van der Waals surface area contributed by atoms with Crippen molar-refractivity contribution in [3.8, 4) is 0 Å². The zero-order valence-corrected chi connectivity index (χ0v) is 8.95. The Bertz CT molecular complexity index is 312. The molecule has 2 rings (SSSR count). The molecule has 1 N–H and O–H groups in total. The van der Waals surface area contributed by atoms with Crippen LogP contribution in [0, 0.1) is 6.92 Å². The molecule has 1 aliphatic carbocycles. The summed E-state index contributed by atoms with van der Waals surface area (Å²) in [4.78, 5) is 4.21. The van der Waals surface area contributed by atoms with Gasteiger partial charge in [-0.15, -0.1) is 0 Å². The summed E-state index contributed by atoms with van der Waals surface area (Å²) in [5, 5.41) is 1.36.